The number of benzene rings is 4. The predicted octanol–water partition coefficient (Wildman–Crippen LogP) is 6.80. The fraction of sp³-hybridized carbons (Fsp3) is 0.429. The molecule has 4 aromatic carbocycles. The molecule has 0 heterocycles. The van der Waals surface area contributed by atoms with Gasteiger partial charge < -0.3 is 84.7 Å². The first-order chi connectivity index (χ1) is 23.3. The summed E-state index contributed by atoms with van der Waals surface area (Å²) in [6.07, 6.45) is 7.99. The van der Waals surface area contributed by atoms with Crippen LogP contribution in [0.1, 0.15) is 0 Å². The van der Waals surface area contributed by atoms with Gasteiger partial charge in [-0.2, -0.15) is 21.9 Å². The van der Waals surface area contributed by atoms with Gasteiger partial charge in [0.25, 0.3) is 0 Å². The van der Waals surface area contributed by atoms with Crippen LogP contribution in [0.4, 0.5) is 0 Å². The van der Waals surface area contributed by atoms with Gasteiger partial charge in [-0.15, -0.1) is 0 Å². The molecule has 0 amide bonds. The SMILES string of the molecule is C[PH+](C)CC[PH+](C)C.C[PH+](C)CC[PH+](C)C.C[PH+](C)CC[PH+](C)C.[OH-].[OH-].[OH-].[Se-2].[Se-2].[Se-2].[Se-2].[W].[W].[W].c1ccc([B-](c2ccccc2)(c2ccccc2)c2ccccc2)cc1. The molecule has 17 heteroatoms. The standard InChI is InChI=1S/C24H20B.3C6H16P2.3H2O.4Se.3W/c1-5-13-21(14-6-1)25(22-15-7-2-8-16-22,23-17-9-3-10-18-23)24-19-11-4-12-20-24;3*1-7(2)5-6-8(3)4;;;;;;;;;;/h1-20H;3*5-6H2,1-4H3;3*1H2;;;;;;;/q-1;;;;;;;4*-2;;;/p+3. The molecule has 0 aromatic heterocycles. The second kappa shape index (κ2) is 52.5. The van der Waals surface area contributed by atoms with Crippen molar-refractivity contribution in [2.75, 3.05) is 117 Å². The Morgan fingerprint density at radius 3 is 0.492 bits per heavy atom. The topological polar surface area (TPSA) is 90.0 Å². The summed E-state index contributed by atoms with van der Waals surface area (Å²) in [6.45, 7) is 28.8. The van der Waals surface area contributed by atoms with Crippen LogP contribution in [0, 0.1) is 0 Å². The van der Waals surface area contributed by atoms with E-state index in [2.05, 4.69) is 201 Å². The molecule has 0 aliphatic rings. The molecule has 4 rings (SSSR count). The Kier molecular flexibility index (Phi) is 76.4. The van der Waals surface area contributed by atoms with E-state index in [0.29, 0.717) is 0 Å². The normalized spacial score (nSPS) is 9.32. The molecule has 0 atom stereocenters. The Hall–Kier alpha value is 3.55. The maximum atomic E-state index is 2.40. The average molecular weight is 1690 g/mol. The Bertz CT molecular complexity index is 1140. The van der Waals surface area contributed by atoms with Gasteiger partial charge in [-0.3, -0.25) is 0 Å². The molecule has 3 N–H and O–H groups in total. The van der Waals surface area contributed by atoms with E-state index in [-0.39, 0.29) is 195 Å². The largest absolute Gasteiger partial charge is 2.00 e. The Morgan fingerprint density at radius 1 is 0.271 bits per heavy atom. The third kappa shape index (κ3) is 39.3. The molecular weight excluding hydrogens is 1620 g/mol. The summed E-state index contributed by atoms with van der Waals surface area (Å²) in [7, 11) is 0.574. The molecule has 59 heavy (non-hydrogen) atoms. The molecule has 0 aliphatic heterocycles. The molecular formula is C42H77BO3P6Se4W3-6. The van der Waals surface area contributed by atoms with Crippen molar-refractivity contribution in [2.24, 2.45) is 0 Å². The van der Waals surface area contributed by atoms with Gasteiger partial charge >= 0.3 is 0 Å². The number of hydrogen-bond donors (Lipinski definition) is 0. The smallest absolute Gasteiger partial charge is 0.108 e. The number of rotatable bonds is 13. The molecule has 3 nitrogen and oxygen atoms in total. The van der Waals surface area contributed by atoms with Crippen molar-refractivity contribution in [2.45, 2.75) is 0 Å². The number of hydrogen-bond acceptors (Lipinski definition) is 3. The van der Waals surface area contributed by atoms with Crippen molar-refractivity contribution in [1.82, 2.24) is 0 Å². The van der Waals surface area contributed by atoms with Gasteiger partial charge in [-0.05, 0) is 47.5 Å². The summed E-state index contributed by atoms with van der Waals surface area (Å²) >= 11 is 0. The van der Waals surface area contributed by atoms with Crippen LogP contribution >= 0.6 is 47.5 Å². The zero-order valence-electron chi connectivity index (χ0n) is 37.6. The fourth-order valence-electron chi connectivity index (χ4n) is 5.62. The summed E-state index contributed by atoms with van der Waals surface area (Å²) in [5.74, 6) is 0. The van der Waals surface area contributed by atoms with Crippen LogP contribution in [0.25, 0.3) is 0 Å². The van der Waals surface area contributed by atoms with Gasteiger partial charge in [0.05, 0.1) is 37.0 Å². The molecule has 0 bridgehead atoms. The van der Waals surface area contributed by atoms with Crippen molar-refractivity contribution in [3.8, 4) is 0 Å². The van der Waals surface area contributed by atoms with Crippen molar-refractivity contribution in [3.05, 3.63) is 121 Å². The molecule has 0 radical (unpaired) electrons. The second-order valence-corrected chi connectivity index (χ2v) is 32.7. The fourth-order valence-corrected chi connectivity index (χ4v) is 17.6. The Morgan fingerprint density at radius 2 is 0.390 bits per heavy atom. The van der Waals surface area contributed by atoms with Gasteiger partial charge in [0.15, 0.2) is 0 Å². The van der Waals surface area contributed by atoms with E-state index in [4.69, 9.17) is 0 Å². The maximum Gasteiger partial charge on any atom is 0.108 e. The van der Waals surface area contributed by atoms with Crippen molar-refractivity contribution < 1.29 is 79.6 Å². The zero-order chi connectivity index (χ0) is 36.7. The summed E-state index contributed by atoms with van der Waals surface area (Å²) in [4.78, 5) is 0. The molecule has 4 aromatic rings. The van der Waals surface area contributed by atoms with E-state index >= 15 is 0 Å². The second-order valence-electron chi connectivity index (χ2n) is 15.3. The van der Waals surface area contributed by atoms with Crippen molar-refractivity contribution >= 4 is 144 Å². The van der Waals surface area contributed by atoms with Crippen LogP contribution in [0.5, 0.6) is 0 Å². The van der Waals surface area contributed by atoms with Crippen molar-refractivity contribution in [3.63, 3.8) is 0 Å². The molecule has 0 saturated carbocycles. The first-order valence-corrected chi connectivity index (χ1v) is 34.7. The minimum atomic E-state index is -1.22. The minimum Gasteiger partial charge on any atom is -2.00 e. The van der Waals surface area contributed by atoms with Crippen LogP contribution in [0.3, 0.4) is 0 Å². The molecule has 0 saturated heterocycles. The van der Waals surface area contributed by atoms with Crippen LogP contribution in [-0.4, -0.2) is 208 Å². The third-order valence-electron chi connectivity index (χ3n) is 8.57. The molecule has 344 valence electrons. The average Bonchev–Trinajstić information content (AvgIpc) is 3.09. The molecule has 0 spiro atoms. The van der Waals surface area contributed by atoms with E-state index in [1.54, 1.807) is 0 Å². The molecule has 0 unspecified atom stereocenters. The first kappa shape index (κ1) is 85.8. The summed E-state index contributed by atoms with van der Waals surface area (Å²) in [5.41, 5.74) is 5.36. The quantitative estimate of drug-likeness (QED) is 0.109. The van der Waals surface area contributed by atoms with E-state index in [9.17, 15) is 0 Å². The Balaban J connectivity index is -0.0000000757. The molecule has 0 fully saturated rings. The van der Waals surface area contributed by atoms with Gasteiger partial charge in [-0.25, -0.2) is 0 Å². The van der Waals surface area contributed by atoms with Gasteiger partial charge in [0, 0.05) is 143 Å². The third-order valence-corrected chi connectivity index (χ3v) is 17.6. The van der Waals surface area contributed by atoms with E-state index in [1.165, 1.54) is 58.8 Å². The van der Waals surface area contributed by atoms with Crippen LogP contribution in [-0.2, 0) is 63.2 Å². The maximum absolute atomic E-state index is 2.40. The zero-order valence-corrected chi connectivity index (χ0v) is 59.2. The van der Waals surface area contributed by atoms with Crippen molar-refractivity contribution in [1.29, 1.82) is 0 Å². The van der Waals surface area contributed by atoms with Gasteiger partial charge in [0.2, 0.25) is 0 Å². The minimum absolute atomic E-state index is 0. The van der Waals surface area contributed by atoms with Crippen LogP contribution in [0.15, 0.2) is 121 Å². The predicted molar refractivity (Wildman–Crippen MR) is 289 cm³/mol. The van der Waals surface area contributed by atoms with Gasteiger partial charge in [-0.1, -0.05) is 121 Å². The van der Waals surface area contributed by atoms with E-state index in [1.807, 2.05) is 0 Å². The van der Waals surface area contributed by atoms with Crippen LogP contribution < -0.4 is 21.9 Å². The van der Waals surface area contributed by atoms with E-state index in [0.717, 1.165) is 0 Å². The summed E-state index contributed by atoms with van der Waals surface area (Å²) < 4.78 is 0. The summed E-state index contributed by atoms with van der Waals surface area (Å²) in [5, 5.41) is 0. The first-order valence-electron chi connectivity index (χ1n) is 18.4. The van der Waals surface area contributed by atoms with Crippen LogP contribution in [0.2, 0.25) is 0 Å². The summed E-state index contributed by atoms with van der Waals surface area (Å²) in [6, 6.07) is 43.5. The Labute approximate surface area is 456 Å². The van der Waals surface area contributed by atoms with E-state index < -0.39 is 6.15 Å². The monoisotopic (exact) mass is 1700 g/mol. The molecule has 0 aliphatic carbocycles. The van der Waals surface area contributed by atoms with Gasteiger partial charge in [0.1, 0.15) is 6.15 Å².